The second-order valence-corrected chi connectivity index (χ2v) is 7.86. The number of rotatable bonds is 5. The zero-order valence-corrected chi connectivity index (χ0v) is 16.7. The highest BCUT2D eigenvalue weighted by Gasteiger charge is 2.37. The fourth-order valence-corrected chi connectivity index (χ4v) is 4.80. The maximum atomic E-state index is 12.8. The minimum absolute atomic E-state index is 0.208. The standard InChI is InChI=1S/C20H23N3O4S/c1-3-26-19(24)17-14(21-20(25)22-18(17)15-5-4-9-27-15)11-23-8-6-16-13(12(23)2)7-10-28-16/h4-5,7,9-10,12,18H,3,6,8,11H2,1-2H3,(H2,21,22,25)/t12-,18+/m0/s1. The molecule has 7 nitrogen and oxygen atoms in total. The summed E-state index contributed by atoms with van der Waals surface area (Å²) in [6, 6.07) is 4.81. The van der Waals surface area contributed by atoms with Crippen molar-refractivity contribution in [2.45, 2.75) is 32.4 Å². The van der Waals surface area contributed by atoms with Gasteiger partial charge >= 0.3 is 12.0 Å². The topological polar surface area (TPSA) is 83.8 Å². The Morgan fingerprint density at radius 3 is 3.04 bits per heavy atom. The molecule has 2 aromatic rings. The number of urea groups is 1. The minimum Gasteiger partial charge on any atom is -0.467 e. The number of ether oxygens (including phenoxy) is 1. The first-order valence-electron chi connectivity index (χ1n) is 9.39. The number of furan rings is 1. The van der Waals surface area contributed by atoms with Gasteiger partial charge in [-0.15, -0.1) is 11.3 Å². The third kappa shape index (κ3) is 3.45. The van der Waals surface area contributed by atoms with E-state index in [0.717, 1.165) is 13.0 Å². The monoisotopic (exact) mass is 401 g/mol. The molecule has 2 aliphatic rings. The molecule has 28 heavy (non-hydrogen) atoms. The zero-order chi connectivity index (χ0) is 19.7. The Kier molecular flexibility index (Phi) is 5.23. The maximum Gasteiger partial charge on any atom is 0.338 e. The van der Waals surface area contributed by atoms with Crippen LogP contribution in [0.5, 0.6) is 0 Å². The number of nitrogens with one attached hydrogen (secondary N) is 2. The van der Waals surface area contributed by atoms with Gasteiger partial charge in [0.05, 0.1) is 18.4 Å². The molecule has 0 aliphatic carbocycles. The Morgan fingerprint density at radius 2 is 2.29 bits per heavy atom. The smallest absolute Gasteiger partial charge is 0.338 e. The molecule has 2 aromatic heterocycles. The van der Waals surface area contributed by atoms with Gasteiger partial charge in [0.2, 0.25) is 0 Å². The molecule has 0 spiro atoms. The molecule has 4 heterocycles. The number of esters is 1. The highest BCUT2D eigenvalue weighted by molar-refractivity contribution is 7.10. The van der Waals surface area contributed by atoms with Crippen LogP contribution >= 0.6 is 11.3 Å². The van der Waals surface area contributed by atoms with Gasteiger partial charge in [-0.3, -0.25) is 4.90 Å². The number of amides is 2. The van der Waals surface area contributed by atoms with E-state index in [4.69, 9.17) is 9.15 Å². The second kappa shape index (κ2) is 7.81. The lowest BCUT2D eigenvalue weighted by Gasteiger charge is -2.36. The molecule has 2 atom stereocenters. The van der Waals surface area contributed by atoms with Gasteiger partial charge in [0.25, 0.3) is 0 Å². The van der Waals surface area contributed by atoms with Crippen LogP contribution in [0.3, 0.4) is 0 Å². The molecule has 8 heteroatoms. The third-order valence-corrected chi connectivity index (χ3v) is 6.24. The highest BCUT2D eigenvalue weighted by Crippen LogP contribution is 2.34. The van der Waals surface area contributed by atoms with E-state index in [2.05, 4.69) is 33.9 Å². The lowest BCUT2D eigenvalue weighted by Crippen LogP contribution is -2.49. The zero-order valence-electron chi connectivity index (χ0n) is 15.9. The van der Waals surface area contributed by atoms with Crippen molar-refractivity contribution in [2.75, 3.05) is 19.7 Å². The van der Waals surface area contributed by atoms with Gasteiger partial charge in [0, 0.05) is 29.7 Å². The normalized spacial score (nSPS) is 22.4. The molecule has 148 valence electrons. The van der Waals surface area contributed by atoms with Crippen LogP contribution in [0.4, 0.5) is 4.79 Å². The molecule has 4 rings (SSSR count). The largest absolute Gasteiger partial charge is 0.467 e. The Labute approximate surface area is 167 Å². The van der Waals surface area contributed by atoms with E-state index in [-0.39, 0.29) is 18.7 Å². The lowest BCUT2D eigenvalue weighted by molar-refractivity contribution is -0.139. The molecule has 0 radical (unpaired) electrons. The average Bonchev–Trinajstić information content (AvgIpc) is 3.35. The molecule has 2 aliphatic heterocycles. The van der Waals surface area contributed by atoms with Crippen molar-refractivity contribution in [1.82, 2.24) is 15.5 Å². The van der Waals surface area contributed by atoms with E-state index in [1.165, 1.54) is 16.7 Å². The first kappa shape index (κ1) is 18.8. The highest BCUT2D eigenvalue weighted by atomic mass is 32.1. The summed E-state index contributed by atoms with van der Waals surface area (Å²) in [5, 5.41) is 7.73. The molecule has 2 amide bonds. The van der Waals surface area contributed by atoms with Gasteiger partial charge in [0.15, 0.2) is 0 Å². The van der Waals surface area contributed by atoms with Crippen molar-refractivity contribution >= 4 is 23.3 Å². The van der Waals surface area contributed by atoms with E-state index >= 15 is 0 Å². The first-order chi connectivity index (χ1) is 13.6. The number of hydrogen-bond acceptors (Lipinski definition) is 6. The summed E-state index contributed by atoms with van der Waals surface area (Å²) in [6.45, 7) is 5.49. The summed E-state index contributed by atoms with van der Waals surface area (Å²) in [5.41, 5.74) is 2.27. The van der Waals surface area contributed by atoms with Crippen LogP contribution in [-0.2, 0) is 16.0 Å². The van der Waals surface area contributed by atoms with Crippen LogP contribution < -0.4 is 10.6 Å². The quantitative estimate of drug-likeness (QED) is 0.752. The van der Waals surface area contributed by atoms with E-state index in [9.17, 15) is 9.59 Å². The molecule has 0 saturated heterocycles. The van der Waals surface area contributed by atoms with Crippen molar-refractivity contribution in [2.24, 2.45) is 0 Å². The lowest BCUT2D eigenvalue weighted by atomic mass is 9.97. The van der Waals surface area contributed by atoms with Gasteiger partial charge in [0.1, 0.15) is 11.8 Å². The first-order valence-corrected chi connectivity index (χ1v) is 10.3. The van der Waals surface area contributed by atoms with E-state index in [1.54, 1.807) is 30.4 Å². The number of thiophene rings is 1. The van der Waals surface area contributed by atoms with E-state index < -0.39 is 12.0 Å². The van der Waals surface area contributed by atoms with Crippen LogP contribution in [0.2, 0.25) is 0 Å². The summed E-state index contributed by atoms with van der Waals surface area (Å²) in [7, 11) is 0. The number of hydrogen-bond donors (Lipinski definition) is 2. The SMILES string of the molecule is CCOC(=O)C1=C(CN2CCc3sccc3[C@@H]2C)NC(=O)N[C@@H]1c1ccco1. The molecule has 0 bridgehead atoms. The number of nitrogens with zero attached hydrogens (tertiary/aromatic N) is 1. The third-order valence-electron chi connectivity index (χ3n) is 5.24. The second-order valence-electron chi connectivity index (χ2n) is 6.86. The minimum atomic E-state index is -0.672. The van der Waals surface area contributed by atoms with Gasteiger partial charge in [-0.1, -0.05) is 0 Å². The Balaban J connectivity index is 1.69. The van der Waals surface area contributed by atoms with E-state index in [1.807, 2.05) is 0 Å². The summed E-state index contributed by atoms with van der Waals surface area (Å²) in [6.07, 6.45) is 2.49. The molecule has 0 fully saturated rings. The van der Waals surface area contributed by atoms with Gasteiger partial charge in [-0.05, 0) is 49.4 Å². The van der Waals surface area contributed by atoms with Crippen molar-refractivity contribution in [3.05, 3.63) is 57.3 Å². The summed E-state index contributed by atoms with van der Waals surface area (Å²) < 4.78 is 10.8. The average molecular weight is 401 g/mol. The predicted molar refractivity (Wildman–Crippen MR) is 105 cm³/mol. The van der Waals surface area contributed by atoms with Gasteiger partial charge in [-0.25, -0.2) is 9.59 Å². The maximum absolute atomic E-state index is 12.8. The van der Waals surface area contributed by atoms with E-state index in [0.29, 0.717) is 23.6 Å². The fourth-order valence-electron chi connectivity index (χ4n) is 3.84. The molecule has 0 saturated carbocycles. The molecule has 0 aromatic carbocycles. The number of fused-ring (bicyclic) bond motifs is 1. The van der Waals surface area contributed by atoms with Crippen LogP contribution in [0.25, 0.3) is 0 Å². The van der Waals surface area contributed by atoms with Crippen molar-refractivity contribution in [1.29, 1.82) is 0 Å². The molecule has 0 unspecified atom stereocenters. The van der Waals surface area contributed by atoms with Crippen molar-refractivity contribution in [3.63, 3.8) is 0 Å². The summed E-state index contributed by atoms with van der Waals surface area (Å²) in [5.74, 6) is 0.0505. The molecular formula is C20H23N3O4S. The van der Waals surface area contributed by atoms with Crippen LogP contribution in [-0.4, -0.2) is 36.6 Å². The Hall–Kier alpha value is -2.58. The number of carbonyl (C=O) groups is 2. The summed E-state index contributed by atoms with van der Waals surface area (Å²) in [4.78, 5) is 28.8. The Bertz CT molecular complexity index is 902. The Morgan fingerprint density at radius 1 is 1.43 bits per heavy atom. The van der Waals surface area contributed by atoms with Crippen LogP contribution in [0.1, 0.15) is 42.1 Å². The van der Waals surface area contributed by atoms with Crippen LogP contribution in [0.15, 0.2) is 45.5 Å². The number of carbonyl (C=O) groups excluding carboxylic acids is 2. The summed E-state index contributed by atoms with van der Waals surface area (Å²) >= 11 is 1.78. The fraction of sp³-hybridized carbons (Fsp3) is 0.400. The predicted octanol–water partition coefficient (Wildman–Crippen LogP) is 3.13. The van der Waals surface area contributed by atoms with Crippen molar-refractivity contribution < 1.29 is 18.7 Å². The van der Waals surface area contributed by atoms with Gasteiger partial charge < -0.3 is 19.8 Å². The molecule has 2 N–H and O–H groups in total. The molecular weight excluding hydrogens is 378 g/mol. The van der Waals surface area contributed by atoms with Crippen molar-refractivity contribution in [3.8, 4) is 0 Å². The van der Waals surface area contributed by atoms with Crippen LogP contribution in [0, 0.1) is 0 Å². The van der Waals surface area contributed by atoms with Gasteiger partial charge in [-0.2, -0.15) is 0 Å².